The number of rotatable bonds is 8. The van der Waals surface area contributed by atoms with Gasteiger partial charge in [-0.2, -0.15) is 0 Å². The maximum atomic E-state index is 11.6. The molecule has 0 aromatic carbocycles. The van der Waals surface area contributed by atoms with Crippen LogP contribution < -0.4 is 16.6 Å². The van der Waals surface area contributed by atoms with E-state index < -0.39 is 5.91 Å². The van der Waals surface area contributed by atoms with Gasteiger partial charge in [0.05, 0.1) is 19.3 Å². The molecule has 1 heterocycles. The van der Waals surface area contributed by atoms with E-state index in [-0.39, 0.29) is 11.6 Å². The second-order valence-electron chi connectivity index (χ2n) is 5.28. The number of hydrogen-bond donors (Lipinski definition) is 3. The van der Waals surface area contributed by atoms with E-state index in [0.717, 1.165) is 0 Å². The Morgan fingerprint density at radius 3 is 2.81 bits per heavy atom. The molecule has 1 rings (SSSR count). The molecule has 0 aliphatic heterocycles. The minimum atomic E-state index is -0.484. The lowest BCUT2D eigenvalue weighted by Gasteiger charge is -2.16. The van der Waals surface area contributed by atoms with Crippen LogP contribution in [0.4, 0.5) is 0 Å². The standard InChI is InChI=1S/C12H23N7O2/c1-9(2)6-14-11(20)8-18(3)4-5-19-7-10(16-17-19)12(21)15-13/h7,9H,4-6,8,13H2,1-3H3,(H,14,20)(H,15,21). The van der Waals surface area contributed by atoms with Crippen molar-refractivity contribution in [1.29, 1.82) is 0 Å². The Hall–Kier alpha value is -2.00. The lowest BCUT2D eigenvalue weighted by molar-refractivity contribution is -0.122. The summed E-state index contributed by atoms with van der Waals surface area (Å²) in [6.07, 6.45) is 1.51. The Morgan fingerprint density at radius 1 is 1.48 bits per heavy atom. The van der Waals surface area contributed by atoms with Crippen molar-refractivity contribution in [3.8, 4) is 0 Å². The molecule has 0 saturated carbocycles. The summed E-state index contributed by atoms with van der Waals surface area (Å²) in [6.45, 7) is 6.22. The average Bonchev–Trinajstić information content (AvgIpc) is 2.91. The third kappa shape index (κ3) is 6.32. The summed E-state index contributed by atoms with van der Waals surface area (Å²) in [5.41, 5.74) is 2.15. The first-order valence-corrected chi connectivity index (χ1v) is 6.78. The summed E-state index contributed by atoms with van der Waals surface area (Å²) in [5, 5.41) is 10.4. The van der Waals surface area contributed by atoms with E-state index in [2.05, 4.69) is 15.6 Å². The smallest absolute Gasteiger partial charge is 0.287 e. The lowest BCUT2D eigenvalue weighted by Crippen LogP contribution is -2.38. The van der Waals surface area contributed by atoms with Gasteiger partial charge in [-0.25, -0.2) is 5.84 Å². The van der Waals surface area contributed by atoms with E-state index in [1.165, 1.54) is 10.9 Å². The molecular formula is C12H23N7O2. The van der Waals surface area contributed by atoms with Gasteiger partial charge in [0.2, 0.25) is 5.91 Å². The molecule has 0 radical (unpaired) electrons. The predicted molar refractivity (Wildman–Crippen MR) is 77.0 cm³/mol. The van der Waals surface area contributed by atoms with Crippen LogP contribution in [0.2, 0.25) is 0 Å². The molecule has 0 saturated heterocycles. The minimum Gasteiger partial charge on any atom is -0.355 e. The highest BCUT2D eigenvalue weighted by molar-refractivity contribution is 5.91. The topological polar surface area (TPSA) is 118 Å². The first-order valence-electron chi connectivity index (χ1n) is 6.78. The van der Waals surface area contributed by atoms with Crippen LogP contribution in [0, 0.1) is 5.92 Å². The highest BCUT2D eigenvalue weighted by atomic mass is 16.2. The molecule has 0 fully saturated rings. The van der Waals surface area contributed by atoms with Gasteiger partial charge in [0.1, 0.15) is 0 Å². The van der Waals surface area contributed by atoms with Gasteiger partial charge in [-0.05, 0) is 13.0 Å². The number of aromatic nitrogens is 3. The molecule has 9 nitrogen and oxygen atoms in total. The Balaban J connectivity index is 2.32. The molecule has 0 aliphatic carbocycles. The number of amides is 2. The second kappa shape index (κ2) is 8.32. The molecule has 2 amide bonds. The third-order valence-electron chi connectivity index (χ3n) is 2.73. The molecule has 0 unspecified atom stereocenters. The highest BCUT2D eigenvalue weighted by Crippen LogP contribution is 1.94. The molecule has 0 atom stereocenters. The molecule has 0 aliphatic rings. The third-order valence-corrected chi connectivity index (χ3v) is 2.73. The van der Waals surface area contributed by atoms with Crippen LogP contribution in [0.15, 0.2) is 6.20 Å². The molecule has 118 valence electrons. The van der Waals surface area contributed by atoms with Gasteiger partial charge in [-0.3, -0.25) is 24.6 Å². The van der Waals surface area contributed by atoms with E-state index in [1.54, 1.807) is 0 Å². The number of likely N-dealkylation sites (N-methyl/N-ethyl adjacent to an activating group) is 1. The van der Waals surface area contributed by atoms with Crippen LogP contribution in [0.25, 0.3) is 0 Å². The van der Waals surface area contributed by atoms with Crippen molar-refractivity contribution in [2.45, 2.75) is 20.4 Å². The van der Waals surface area contributed by atoms with E-state index in [1.807, 2.05) is 31.2 Å². The van der Waals surface area contributed by atoms with E-state index >= 15 is 0 Å². The zero-order chi connectivity index (χ0) is 15.8. The SMILES string of the molecule is CC(C)CNC(=O)CN(C)CCn1cc(C(=O)NN)nn1. The Bertz CT molecular complexity index is 472. The van der Waals surface area contributed by atoms with Crippen molar-refractivity contribution in [2.24, 2.45) is 11.8 Å². The second-order valence-corrected chi connectivity index (χ2v) is 5.28. The predicted octanol–water partition coefficient (Wildman–Crippen LogP) is -1.41. The summed E-state index contributed by atoms with van der Waals surface area (Å²) in [7, 11) is 1.85. The van der Waals surface area contributed by atoms with Gasteiger partial charge in [-0.15, -0.1) is 5.10 Å². The fourth-order valence-corrected chi connectivity index (χ4v) is 1.56. The molecule has 21 heavy (non-hydrogen) atoms. The molecule has 4 N–H and O–H groups in total. The van der Waals surface area contributed by atoms with Crippen molar-refractivity contribution in [1.82, 2.24) is 30.6 Å². The average molecular weight is 297 g/mol. The number of hydrazine groups is 1. The molecule has 1 aromatic rings. The minimum absolute atomic E-state index is 0.00649. The number of hydrogen-bond acceptors (Lipinski definition) is 6. The Morgan fingerprint density at radius 2 is 2.19 bits per heavy atom. The quantitative estimate of drug-likeness (QED) is 0.308. The first-order chi connectivity index (χ1) is 9.92. The van der Waals surface area contributed by atoms with Crippen LogP contribution in [0.1, 0.15) is 24.3 Å². The van der Waals surface area contributed by atoms with Crippen LogP contribution in [-0.2, 0) is 11.3 Å². The van der Waals surface area contributed by atoms with Gasteiger partial charge in [-0.1, -0.05) is 19.1 Å². The van der Waals surface area contributed by atoms with Gasteiger partial charge in [0.25, 0.3) is 5.91 Å². The molecular weight excluding hydrogens is 274 g/mol. The molecule has 9 heteroatoms. The summed E-state index contributed by atoms with van der Waals surface area (Å²) in [5.74, 6) is 4.95. The van der Waals surface area contributed by atoms with Crippen molar-refractivity contribution in [3.05, 3.63) is 11.9 Å². The number of nitrogens with zero attached hydrogens (tertiary/aromatic N) is 4. The van der Waals surface area contributed by atoms with E-state index in [4.69, 9.17) is 5.84 Å². The van der Waals surface area contributed by atoms with Crippen molar-refractivity contribution >= 4 is 11.8 Å². The number of nitrogens with two attached hydrogens (primary N) is 1. The van der Waals surface area contributed by atoms with E-state index in [0.29, 0.717) is 32.1 Å². The maximum absolute atomic E-state index is 11.6. The number of carbonyl (C=O) groups is 2. The van der Waals surface area contributed by atoms with Crippen molar-refractivity contribution in [3.63, 3.8) is 0 Å². The van der Waals surface area contributed by atoms with Gasteiger partial charge in [0, 0.05) is 13.1 Å². The van der Waals surface area contributed by atoms with E-state index in [9.17, 15) is 9.59 Å². The number of carbonyl (C=O) groups excluding carboxylic acids is 2. The fourth-order valence-electron chi connectivity index (χ4n) is 1.56. The number of nitrogens with one attached hydrogen (secondary N) is 2. The number of nitrogen functional groups attached to an aromatic ring is 1. The monoisotopic (exact) mass is 297 g/mol. The zero-order valence-electron chi connectivity index (χ0n) is 12.7. The summed E-state index contributed by atoms with van der Waals surface area (Å²) < 4.78 is 1.53. The fraction of sp³-hybridized carbons (Fsp3) is 0.667. The van der Waals surface area contributed by atoms with Crippen LogP contribution >= 0.6 is 0 Å². The van der Waals surface area contributed by atoms with Gasteiger partial charge in [0.15, 0.2) is 5.69 Å². The normalized spacial score (nSPS) is 11.0. The van der Waals surface area contributed by atoms with Crippen LogP contribution in [0.3, 0.4) is 0 Å². The van der Waals surface area contributed by atoms with Crippen LogP contribution in [-0.4, -0.2) is 58.4 Å². The first kappa shape index (κ1) is 17.1. The van der Waals surface area contributed by atoms with Crippen LogP contribution in [0.5, 0.6) is 0 Å². The summed E-state index contributed by atoms with van der Waals surface area (Å²) in [4.78, 5) is 24.7. The Labute approximate surface area is 123 Å². The van der Waals surface area contributed by atoms with Gasteiger partial charge < -0.3 is 5.32 Å². The van der Waals surface area contributed by atoms with Crippen molar-refractivity contribution in [2.75, 3.05) is 26.7 Å². The largest absolute Gasteiger partial charge is 0.355 e. The summed E-state index contributed by atoms with van der Waals surface area (Å²) >= 11 is 0. The zero-order valence-corrected chi connectivity index (χ0v) is 12.7. The van der Waals surface area contributed by atoms with Crippen molar-refractivity contribution < 1.29 is 9.59 Å². The lowest BCUT2D eigenvalue weighted by atomic mass is 10.2. The van der Waals surface area contributed by atoms with Gasteiger partial charge >= 0.3 is 0 Å². The molecule has 1 aromatic heterocycles. The summed E-state index contributed by atoms with van der Waals surface area (Å²) in [6, 6.07) is 0. The molecule has 0 bridgehead atoms. The molecule has 0 spiro atoms. The Kier molecular flexibility index (Phi) is 6.76. The highest BCUT2D eigenvalue weighted by Gasteiger charge is 2.10. The maximum Gasteiger partial charge on any atom is 0.287 e.